The molecule has 0 heterocycles. The Hall–Kier alpha value is -4.22. The summed E-state index contributed by atoms with van der Waals surface area (Å²) in [6, 6.07) is 0. The van der Waals surface area contributed by atoms with Crippen molar-refractivity contribution in [3.63, 3.8) is 0 Å². The van der Waals surface area contributed by atoms with Crippen LogP contribution in [0.4, 0.5) is 0 Å². The first-order chi connectivity index (χ1) is 38.6. The average molecular weight is 1080 g/mol. The van der Waals surface area contributed by atoms with Crippen LogP contribution in [-0.4, -0.2) is 36.4 Å². The minimum Gasteiger partial charge on any atom is -0.462 e. The number of rotatable bonds is 58. The van der Waals surface area contributed by atoms with Crippen LogP contribution in [-0.2, 0) is 19.1 Å². The van der Waals surface area contributed by atoms with Crippen LogP contribution >= 0.6 is 0 Å². The van der Waals surface area contributed by atoms with Gasteiger partial charge in [0.05, 0.1) is 6.61 Å². The van der Waals surface area contributed by atoms with E-state index in [0.717, 1.165) is 116 Å². The Kier molecular flexibility index (Phi) is 63.4. The van der Waals surface area contributed by atoms with Crippen molar-refractivity contribution in [2.24, 2.45) is 0 Å². The zero-order chi connectivity index (χ0) is 56.2. The number of hydrogen-bond donors (Lipinski definition) is 1. The molecule has 5 heteroatoms. The molecule has 0 aliphatic heterocycles. The van der Waals surface area contributed by atoms with Crippen LogP contribution in [0.2, 0.25) is 0 Å². The summed E-state index contributed by atoms with van der Waals surface area (Å²) < 4.78 is 10.7. The normalized spacial score (nSPS) is 13.2. The maximum absolute atomic E-state index is 12.3. The standard InChI is InChI=1S/C73H120O5/c1-3-5-7-9-11-13-15-17-19-21-23-25-27-29-31-32-33-34-35-36-37-38-39-40-42-44-46-48-50-52-54-56-58-60-62-64-66-68-73(76)78-71(69-74)70-77-72(75)67-65-63-61-59-57-55-53-51-49-47-45-43-41-30-28-26-24-22-20-18-16-14-12-10-8-6-4-2/h5,7,11,13,16-19,22-25,29,31,33-34,36-37,39-40,44,46,50,52,71,74H,3-4,6,8-10,12,14-15,20-21,26-28,30,32,35,38,41-43,45,47-49,51,53-70H2,1-2H3/b7-5-,13-11-,18-16-,19-17-,24-22-,25-23-,31-29-,34-33-,37-36-,40-39-,46-44-,52-50-. The Morgan fingerprint density at radius 1 is 0.308 bits per heavy atom. The lowest BCUT2D eigenvalue weighted by molar-refractivity contribution is -0.161. The maximum Gasteiger partial charge on any atom is 0.306 e. The summed E-state index contributed by atoms with van der Waals surface area (Å²) in [7, 11) is 0. The Bertz CT molecular complexity index is 1650. The predicted molar refractivity (Wildman–Crippen MR) is 343 cm³/mol. The van der Waals surface area contributed by atoms with E-state index >= 15 is 0 Å². The fourth-order valence-corrected chi connectivity index (χ4v) is 8.79. The van der Waals surface area contributed by atoms with Gasteiger partial charge in [0.25, 0.3) is 0 Å². The summed E-state index contributed by atoms with van der Waals surface area (Å²) in [6.45, 7) is 4.02. The minimum atomic E-state index is -0.791. The number of hydrogen-bond acceptors (Lipinski definition) is 5. The van der Waals surface area contributed by atoms with Crippen LogP contribution in [0, 0.1) is 0 Å². The van der Waals surface area contributed by atoms with Crippen LogP contribution in [0.15, 0.2) is 146 Å². The van der Waals surface area contributed by atoms with E-state index < -0.39 is 6.10 Å². The molecule has 0 radical (unpaired) electrons. The first kappa shape index (κ1) is 73.8. The molecule has 5 nitrogen and oxygen atoms in total. The molecule has 0 rings (SSSR count). The minimum absolute atomic E-state index is 0.0788. The third-order valence-corrected chi connectivity index (χ3v) is 13.6. The second-order valence-corrected chi connectivity index (χ2v) is 21.1. The van der Waals surface area contributed by atoms with Gasteiger partial charge < -0.3 is 14.6 Å². The van der Waals surface area contributed by atoms with Gasteiger partial charge in [-0.3, -0.25) is 9.59 Å². The van der Waals surface area contributed by atoms with Crippen molar-refractivity contribution in [2.75, 3.05) is 13.2 Å². The fourth-order valence-electron chi connectivity index (χ4n) is 8.79. The highest BCUT2D eigenvalue weighted by Crippen LogP contribution is 2.16. The Labute approximate surface area is 482 Å². The van der Waals surface area contributed by atoms with Crippen LogP contribution in [0.1, 0.15) is 284 Å². The molecule has 0 aliphatic rings. The molecule has 1 unspecified atom stereocenters. The molecule has 0 fully saturated rings. The number of ether oxygens (including phenoxy) is 2. The van der Waals surface area contributed by atoms with Gasteiger partial charge in [0.15, 0.2) is 6.10 Å². The molecule has 78 heavy (non-hydrogen) atoms. The topological polar surface area (TPSA) is 72.8 Å². The molecule has 0 aromatic heterocycles. The summed E-state index contributed by atoms with van der Waals surface area (Å²) in [5, 5.41) is 9.68. The molecule has 0 spiro atoms. The zero-order valence-corrected chi connectivity index (χ0v) is 50.6. The van der Waals surface area contributed by atoms with Gasteiger partial charge in [0.2, 0.25) is 0 Å². The van der Waals surface area contributed by atoms with Gasteiger partial charge in [0, 0.05) is 12.8 Å². The van der Waals surface area contributed by atoms with Gasteiger partial charge in [-0.25, -0.2) is 0 Å². The van der Waals surface area contributed by atoms with Crippen LogP contribution in [0.25, 0.3) is 0 Å². The van der Waals surface area contributed by atoms with E-state index in [2.05, 4.69) is 160 Å². The summed E-state index contributed by atoms with van der Waals surface area (Å²) in [5.41, 5.74) is 0. The van der Waals surface area contributed by atoms with Gasteiger partial charge in [0.1, 0.15) is 6.61 Å². The quantitative estimate of drug-likeness (QED) is 0.0373. The molecule has 0 saturated heterocycles. The maximum atomic E-state index is 12.3. The molecular formula is C73H120O5. The number of carbonyl (C=O) groups is 2. The van der Waals surface area contributed by atoms with Gasteiger partial charge >= 0.3 is 11.9 Å². The zero-order valence-electron chi connectivity index (χ0n) is 50.6. The largest absolute Gasteiger partial charge is 0.462 e. The molecule has 0 amide bonds. The number of unbranched alkanes of at least 4 members (excludes halogenated alkanes) is 26. The highest BCUT2D eigenvalue weighted by atomic mass is 16.6. The van der Waals surface area contributed by atoms with E-state index in [4.69, 9.17) is 9.47 Å². The van der Waals surface area contributed by atoms with Crippen molar-refractivity contribution in [1.29, 1.82) is 0 Å². The molecule has 442 valence electrons. The van der Waals surface area contributed by atoms with Gasteiger partial charge in [-0.05, 0) is 122 Å². The fraction of sp³-hybridized carbons (Fsp3) is 0.644. The third-order valence-electron chi connectivity index (χ3n) is 13.6. The summed E-state index contributed by atoms with van der Waals surface area (Å²) in [4.78, 5) is 24.6. The number of aliphatic hydroxyl groups is 1. The number of allylic oxidation sites excluding steroid dienone is 24. The molecule has 0 aromatic rings. The average Bonchev–Trinajstić information content (AvgIpc) is 3.44. The lowest BCUT2D eigenvalue weighted by Gasteiger charge is -2.15. The van der Waals surface area contributed by atoms with Crippen LogP contribution in [0.3, 0.4) is 0 Å². The van der Waals surface area contributed by atoms with E-state index in [1.54, 1.807) is 0 Å². The molecule has 0 bridgehead atoms. The smallest absolute Gasteiger partial charge is 0.306 e. The van der Waals surface area contributed by atoms with E-state index in [0.29, 0.717) is 12.8 Å². The Morgan fingerprint density at radius 3 is 0.833 bits per heavy atom. The van der Waals surface area contributed by atoms with Crippen molar-refractivity contribution in [3.8, 4) is 0 Å². The summed E-state index contributed by atoms with van der Waals surface area (Å²) in [5.74, 6) is -0.610. The lowest BCUT2D eigenvalue weighted by atomic mass is 10.0. The molecule has 0 aromatic carbocycles. The monoisotopic (exact) mass is 1080 g/mol. The van der Waals surface area contributed by atoms with E-state index in [1.807, 2.05) is 0 Å². The Balaban J connectivity index is 3.59. The van der Waals surface area contributed by atoms with Crippen LogP contribution in [0.5, 0.6) is 0 Å². The molecule has 0 saturated carbocycles. The molecule has 0 aliphatic carbocycles. The number of aliphatic hydroxyl groups excluding tert-OH is 1. The molecular weight excluding hydrogens is 957 g/mol. The van der Waals surface area contributed by atoms with Gasteiger partial charge in [-0.15, -0.1) is 0 Å². The summed E-state index contributed by atoms with van der Waals surface area (Å²) >= 11 is 0. The second kappa shape index (κ2) is 67.1. The van der Waals surface area contributed by atoms with E-state index in [9.17, 15) is 14.7 Å². The highest BCUT2D eigenvalue weighted by Gasteiger charge is 2.16. The highest BCUT2D eigenvalue weighted by molar-refractivity contribution is 5.70. The van der Waals surface area contributed by atoms with Crippen molar-refractivity contribution in [2.45, 2.75) is 290 Å². The third kappa shape index (κ3) is 64.3. The first-order valence-corrected chi connectivity index (χ1v) is 32.4. The SMILES string of the molecule is CC/C=C\C/C=C\C/C=C\C/C=C\C/C=C\C/C=C\C/C=C\C/C=C\C/C=C\C/C=C\CCCCCCCCC(=O)OC(CO)COC(=O)CCCCCCCCCCCCCCCCC/C=C\C/C=C\CCCCCCC. The van der Waals surface area contributed by atoms with Crippen molar-refractivity contribution >= 4 is 11.9 Å². The first-order valence-electron chi connectivity index (χ1n) is 32.4. The number of esters is 2. The lowest BCUT2D eigenvalue weighted by Crippen LogP contribution is -2.28. The second-order valence-electron chi connectivity index (χ2n) is 21.1. The molecule has 1 atom stereocenters. The van der Waals surface area contributed by atoms with E-state index in [1.165, 1.54) is 141 Å². The van der Waals surface area contributed by atoms with Gasteiger partial charge in [-0.1, -0.05) is 295 Å². The molecule has 1 N–H and O–H groups in total. The van der Waals surface area contributed by atoms with E-state index in [-0.39, 0.29) is 25.2 Å². The predicted octanol–water partition coefficient (Wildman–Crippen LogP) is 22.5. The van der Waals surface area contributed by atoms with Crippen LogP contribution < -0.4 is 0 Å². The van der Waals surface area contributed by atoms with Crippen molar-refractivity contribution in [3.05, 3.63) is 146 Å². The Morgan fingerprint density at radius 2 is 0.551 bits per heavy atom. The summed E-state index contributed by atoms with van der Waals surface area (Å²) in [6.07, 6.45) is 101. The van der Waals surface area contributed by atoms with Crippen molar-refractivity contribution < 1.29 is 24.2 Å². The van der Waals surface area contributed by atoms with Crippen molar-refractivity contribution in [1.82, 2.24) is 0 Å². The number of carbonyl (C=O) groups excluding carboxylic acids is 2. The van der Waals surface area contributed by atoms with Gasteiger partial charge in [-0.2, -0.15) is 0 Å².